The van der Waals surface area contributed by atoms with Gasteiger partial charge in [0.2, 0.25) is 0 Å². The lowest BCUT2D eigenvalue weighted by atomic mass is 10.2. The van der Waals surface area contributed by atoms with E-state index >= 15 is 0 Å². The number of carbonyl (C=O) groups is 1. The monoisotopic (exact) mass is 318 g/mol. The summed E-state index contributed by atoms with van der Waals surface area (Å²) in [6.07, 6.45) is 5.00. The minimum Gasteiger partial charge on any atom is -0.410 e. The molecule has 24 heavy (non-hydrogen) atoms. The van der Waals surface area contributed by atoms with Gasteiger partial charge in [-0.2, -0.15) is 0 Å². The number of benzene rings is 2. The molecule has 6 nitrogen and oxygen atoms in total. The summed E-state index contributed by atoms with van der Waals surface area (Å²) in [6, 6.07) is 16.7. The molecule has 3 aromatic rings. The number of hydrogen-bond acceptors (Lipinski definition) is 4. The zero-order valence-electron chi connectivity index (χ0n) is 12.7. The van der Waals surface area contributed by atoms with Gasteiger partial charge in [0.05, 0.1) is 11.2 Å². The van der Waals surface area contributed by atoms with Crippen molar-refractivity contribution in [3.8, 4) is 5.75 Å². The van der Waals surface area contributed by atoms with Crippen molar-refractivity contribution in [1.82, 2.24) is 19.9 Å². The molecular weight excluding hydrogens is 304 g/mol. The maximum atomic E-state index is 12.2. The molecule has 0 aliphatic carbocycles. The first-order valence-corrected chi connectivity index (χ1v) is 7.54. The summed E-state index contributed by atoms with van der Waals surface area (Å²) in [5.41, 5.74) is 2.62. The second-order valence-electron chi connectivity index (χ2n) is 5.27. The summed E-state index contributed by atoms with van der Waals surface area (Å²) < 4.78 is 7.08. The summed E-state index contributed by atoms with van der Waals surface area (Å²) in [4.78, 5) is 13.7. The van der Waals surface area contributed by atoms with E-state index < -0.39 is 6.09 Å². The fourth-order valence-corrected chi connectivity index (χ4v) is 2.49. The van der Waals surface area contributed by atoms with Gasteiger partial charge in [0, 0.05) is 12.7 Å². The Morgan fingerprint density at radius 2 is 1.83 bits per heavy atom. The van der Waals surface area contributed by atoms with Crippen LogP contribution in [-0.4, -0.2) is 32.5 Å². The van der Waals surface area contributed by atoms with E-state index in [4.69, 9.17) is 4.74 Å². The van der Waals surface area contributed by atoms with Crippen LogP contribution in [0, 0.1) is 0 Å². The van der Waals surface area contributed by atoms with Gasteiger partial charge in [-0.25, -0.2) is 9.48 Å². The van der Waals surface area contributed by atoms with Crippen LogP contribution >= 0.6 is 0 Å². The minimum atomic E-state index is -0.420. The second-order valence-corrected chi connectivity index (χ2v) is 5.27. The van der Waals surface area contributed by atoms with Crippen molar-refractivity contribution in [1.29, 1.82) is 0 Å². The van der Waals surface area contributed by atoms with Gasteiger partial charge in [0.25, 0.3) is 0 Å². The molecule has 1 aromatic heterocycles. The first kappa shape index (κ1) is 14.2. The molecule has 0 spiro atoms. The van der Waals surface area contributed by atoms with Gasteiger partial charge in [0.1, 0.15) is 11.3 Å². The first-order chi connectivity index (χ1) is 11.8. The van der Waals surface area contributed by atoms with Gasteiger partial charge < -0.3 is 4.74 Å². The third-order valence-corrected chi connectivity index (χ3v) is 3.70. The third kappa shape index (κ3) is 2.65. The van der Waals surface area contributed by atoms with Gasteiger partial charge in [-0.1, -0.05) is 35.5 Å². The Kier molecular flexibility index (Phi) is 3.55. The number of fused-ring (bicyclic) bond motifs is 1. The van der Waals surface area contributed by atoms with Crippen molar-refractivity contribution in [3.05, 3.63) is 72.9 Å². The van der Waals surface area contributed by atoms with E-state index in [9.17, 15) is 4.79 Å². The van der Waals surface area contributed by atoms with E-state index in [1.807, 2.05) is 54.6 Å². The van der Waals surface area contributed by atoms with Crippen LogP contribution in [0.5, 0.6) is 5.75 Å². The molecule has 1 aliphatic heterocycles. The number of allylic oxidation sites excluding steroid dienone is 2. The Morgan fingerprint density at radius 3 is 2.62 bits per heavy atom. The van der Waals surface area contributed by atoms with Crippen LogP contribution in [0.4, 0.5) is 4.79 Å². The van der Waals surface area contributed by atoms with Crippen LogP contribution in [0.3, 0.4) is 0 Å². The Morgan fingerprint density at radius 1 is 1.04 bits per heavy atom. The Balaban J connectivity index is 1.50. The van der Waals surface area contributed by atoms with Crippen LogP contribution in [0.2, 0.25) is 0 Å². The summed E-state index contributed by atoms with van der Waals surface area (Å²) in [6.45, 7) is 0.408. The van der Waals surface area contributed by atoms with Gasteiger partial charge in [-0.3, -0.25) is 4.90 Å². The molecule has 1 aliphatic rings. The number of nitrogens with zero attached hydrogens (tertiary/aromatic N) is 4. The van der Waals surface area contributed by atoms with E-state index in [1.165, 1.54) is 4.90 Å². The molecule has 4 rings (SSSR count). The highest BCUT2D eigenvalue weighted by Crippen LogP contribution is 2.19. The quantitative estimate of drug-likeness (QED) is 0.727. The molecule has 1 amide bonds. The molecule has 0 saturated heterocycles. The number of para-hydroxylation sites is 2. The SMILES string of the molecule is O=C(Oc1ccccc1)N1C=CC(n2nnc3ccccc32)=CC1. The Labute approximate surface area is 138 Å². The van der Waals surface area contributed by atoms with Crippen molar-refractivity contribution in [2.75, 3.05) is 6.54 Å². The maximum absolute atomic E-state index is 12.2. The Hall–Kier alpha value is -3.41. The molecule has 2 heterocycles. The van der Waals surface area contributed by atoms with Crippen molar-refractivity contribution >= 4 is 22.8 Å². The number of aromatic nitrogens is 3. The lowest BCUT2D eigenvalue weighted by Crippen LogP contribution is -2.30. The summed E-state index contributed by atoms with van der Waals surface area (Å²) in [5.74, 6) is 0.521. The highest BCUT2D eigenvalue weighted by atomic mass is 16.6. The molecular formula is C18H14N4O2. The lowest BCUT2D eigenvalue weighted by Gasteiger charge is -2.20. The second kappa shape index (κ2) is 6.00. The topological polar surface area (TPSA) is 60.2 Å². The predicted molar refractivity (Wildman–Crippen MR) is 90.1 cm³/mol. The molecule has 0 fully saturated rings. The molecule has 0 bridgehead atoms. The van der Waals surface area contributed by atoms with Gasteiger partial charge in [-0.05, 0) is 36.4 Å². The molecule has 0 saturated carbocycles. The number of hydrogen-bond donors (Lipinski definition) is 0. The third-order valence-electron chi connectivity index (χ3n) is 3.70. The van der Waals surface area contributed by atoms with Gasteiger partial charge >= 0.3 is 6.09 Å². The van der Waals surface area contributed by atoms with Crippen molar-refractivity contribution in [2.45, 2.75) is 0 Å². The molecule has 0 radical (unpaired) electrons. The highest BCUT2D eigenvalue weighted by Gasteiger charge is 2.17. The van der Waals surface area contributed by atoms with Crippen molar-refractivity contribution in [3.63, 3.8) is 0 Å². The largest absolute Gasteiger partial charge is 0.419 e. The number of rotatable bonds is 2. The maximum Gasteiger partial charge on any atom is 0.419 e. The van der Waals surface area contributed by atoms with E-state index in [2.05, 4.69) is 10.3 Å². The summed E-state index contributed by atoms with van der Waals surface area (Å²) in [7, 11) is 0. The van der Waals surface area contributed by atoms with E-state index in [-0.39, 0.29) is 0 Å². The van der Waals surface area contributed by atoms with Crippen LogP contribution in [0.25, 0.3) is 16.7 Å². The molecule has 6 heteroatoms. The number of ether oxygens (including phenoxy) is 1. The number of carbonyl (C=O) groups excluding carboxylic acids is 1. The average molecular weight is 318 g/mol. The lowest BCUT2D eigenvalue weighted by molar-refractivity contribution is 0.173. The zero-order chi connectivity index (χ0) is 16.4. The minimum absolute atomic E-state index is 0.408. The van der Waals surface area contributed by atoms with Crippen molar-refractivity contribution in [2.24, 2.45) is 0 Å². The van der Waals surface area contributed by atoms with E-state index in [1.54, 1.807) is 23.0 Å². The first-order valence-electron chi connectivity index (χ1n) is 7.54. The normalized spacial score (nSPS) is 13.8. The fraction of sp³-hybridized carbons (Fsp3) is 0.0556. The Bertz CT molecular complexity index is 944. The number of amides is 1. The summed E-state index contributed by atoms with van der Waals surface area (Å²) >= 11 is 0. The van der Waals surface area contributed by atoms with Crippen LogP contribution < -0.4 is 4.74 Å². The highest BCUT2D eigenvalue weighted by molar-refractivity contribution is 5.80. The average Bonchev–Trinajstić information content (AvgIpc) is 3.07. The van der Waals surface area contributed by atoms with Crippen LogP contribution in [0.1, 0.15) is 0 Å². The van der Waals surface area contributed by atoms with Crippen LogP contribution in [0.15, 0.2) is 72.9 Å². The molecule has 118 valence electrons. The molecule has 2 aromatic carbocycles. The summed E-state index contributed by atoms with van der Waals surface area (Å²) in [5, 5.41) is 8.31. The van der Waals surface area contributed by atoms with Crippen LogP contribution in [-0.2, 0) is 0 Å². The van der Waals surface area contributed by atoms with E-state index in [0.29, 0.717) is 12.3 Å². The molecule has 0 N–H and O–H groups in total. The standard InChI is InChI=1S/C18H14N4O2/c23-18(24-15-6-2-1-3-7-15)21-12-10-14(11-13-21)22-17-9-5-4-8-16(17)19-20-22/h1-12H,13H2. The molecule has 0 atom stereocenters. The van der Waals surface area contributed by atoms with E-state index in [0.717, 1.165) is 16.7 Å². The predicted octanol–water partition coefficient (Wildman–Crippen LogP) is 3.30. The van der Waals surface area contributed by atoms with Crippen molar-refractivity contribution < 1.29 is 9.53 Å². The molecule has 0 unspecified atom stereocenters. The zero-order valence-corrected chi connectivity index (χ0v) is 12.7. The smallest absolute Gasteiger partial charge is 0.410 e. The van der Waals surface area contributed by atoms with Gasteiger partial charge in [0.15, 0.2) is 0 Å². The fourth-order valence-electron chi connectivity index (χ4n) is 2.49. The van der Waals surface area contributed by atoms with Gasteiger partial charge in [-0.15, -0.1) is 5.10 Å².